The molecule has 1 atom stereocenters. The molecule has 0 fully saturated rings. The minimum atomic E-state index is -0.970. The summed E-state index contributed by atoms with van der Waals surface area (Å²) in [6.07, 6.45) is 0. The van der Waals surface area contributed by atoms with E-state index in [9.17, 15) is 15.1 Å². The minimum absolute atomic E-state index is 0.00418. The fourth-order valence-electron chi connectivity index (χ4n) is 1.58. The van der Waals surface area contributed by atoms with Crippen LogP contribution in [0.4, 0.5) is 4.79 Å². The molecule has 1 aromatic carbocycles. The van der Waals surface area contributed by atoms with Crippen LogP contribution in [0.15, 0.2) is 28.7 Å². The van der Waals surface area contributed by atoms with Gasteiger partial charge in [0.25, 0.3) is 0 Å². The number of para-hydroxylation sites is 1. The first-order chi connectivity index (χ1) is 8.00. The number of nitrogens with zero attached hydrogens (tertiary/aromatic N) is 1. The van der Waals surface area contributed by atoms with Crippen LogP contribution in [0.2, 0.25) is 0 Å². The standard InChI is InChI=1S/C11H12N2O4/c1-6(13(16)11(12)15)9-5-7-3-2-4-8(14)10(7)17-9/h2-6,14,16H,1H3,(H2,12,15). The molecule has 0 saturated carbocycles. The third-order valence-electron chi connectivity index (χ3n) is 2.55. The summed E-state index contributed by atoms with van der Waals surface area (Å²) in [5, 5.41) is 20.0. The second-order valence-corrected chi connectivity index (χ2v) is 3.70. The van der Waals surface area contributed by atoms with Crippen molar-refractivity contribution in [2.75, 3.05) is 0 Å². The van der Waals surface area contributed by atoms with E-state index in [0.717, 1.165) is 0 Å². The highest BCUT2D eigenvalue weighted by molar-refractivity contribution is 5.83. The highest BCUT2D eigenvalue weighted by atomic mass is 16.5. The highest BCUT2D eigenvalue weighted by Gasteiger charge is 2.21. The zero-order chi connectivity index (χ0) is 12.6. The number of hydrogen-bond acceptors (Lipinski definition) is 4. The van der Waals surface area contributed by atoms with Crippen LogP contribution in [-0.4, -0.2) is 21.4 Å². The number of urea groups is 1. The van der Waals surface area contributed by atoms with Crippen molar-refractivity contribution in [1.82, 2.24) is 5.06 Å². The zero-order valence-corrected chi connectivity index (χ0v) is 9.12. The predicted octanol–water partition coefficient (Wildman–Crippen LogP) is 1.97. The van der Waals surface area contributed by atoms with Crippen LogP contribution in [0, 0.1) is 0 Å². The molecule has 6 heteroatoms. The molecule has 90 valence electrons. The van der Waals surface area contributed by atoms with Gasteiger partial charge in [-0.15, -0.1) is 0 Å². The lowest BCUT2D eigenvalue weighted by molar-refractivity contribution is -0.0758. The topological polar surface area (TPSA) is 99.9 Å². The van der Waals surface area contributed by atoms with E-state index in [1.54, 1.807) is 25.1 Å². The maximum atomic E-state index is 10.8. The average molecular weight is 236 g/mol. The lowest BCUT2D eigenvalue weighted by atomic mass is 10.2. The molecule has 2 aromatic rings. The number of amides is 2. The molecule has 0 aliphatic carbocycles. The molecule has 4 N–H and O–H groups in total. The average Bonchev–Trinajstić information content (AvgIpc) is 2.72. The third kappa shape index (κ3) is 1.90. The Hall–Kier alpha value is -2.21. The summed E-state index contributed by atoms with van der Waals surface area (Å²) >= 11 is 0. The molecule has 0 aliphatic heterocycles. The molecular formula is C11H12N2O4. The first-order valence-corrected chi connectivity index (χ1v) is 4.99. The van der Waals surface area contributed by atoms with Gasteiger partial charge in [-0.25, -0.2) is 4.79 Å². The number of hydroxylamine groups is 2. The third-order valence-corrected chi connectivity index (χ3v) is 2.55. The second-order valence-electron chi connectivity index (χ2n) is 3.70. The largest absolute Gasteiger partial charge is 0.504 e. The van der Waals surface area contributed by atoms with Gasteiger partial charge >= 0.3 is 6.03 Å². The minimum Gasteiger partial charge on any atom is -0.504 e. The molecule has 2 amide bonds. The van der Waals surface area contributed by atoms with Crippen molar-refractivity contribution in [3.8, 4) is 5.75 Å². The molecule has 1 unspecified atom stereocenters. The van der Waals surface area contributed by atoms with Crippen LogP contribution in [0.25, 0.3) is 11.0 Å². The zero-order valence-electron chi connectivity index (χ0n) is 9.12. The van der Waals surface area contributed by atoms with Gasteiger partial charge in [-0.1, -0.05) is 12.1 Å². The van der Waals surface area contributed by atoms with Crippen molar-refractivity contribution < 1.29 is 19.5 Å². The predicted molar refractivity (Wildman–Crippen MR) is 59.5 cm³/mol. The molecule has 0 radical (unpaired) electrons. The summed E-state index contributed by atoms with van der Waals surface area (Å²) in [4.78, 5) is 10.8. The van der Waals surface area contributed by atoms with E-state index in [0.29, 0.717) is 21.8 Å². The number of phenolic OH excluding ortho intramolecular Hbond substituents is 1. The maximum absolute atomic E-state index is 10.8. The second kappa shape index (κ2) is 3.99. The molecule has 0 saturated heterocycles. The molecular weight excluding hydrogens is 224 g/mol. The van der Waals surface area contributed by atoms with Gasteiger partial charge in [0, 0.05) is 5.39 Å². The van der Waals surface area contributed by atoms with Crippen molar-refractivity contribution >= 4 is 17.0 Å². The van der Waals surface area contributed by atoms with Crippen molar-refractivity contribution in [1.29, 1.82) is 0 Å². The fourth-order valence-corrected chi connectivity index (χ4v) is 1.58. The molecule has 1 aromatic heterocycles. The Morgan fingerprint density at radius 3 is 2.82 bits per heavy atom. The summed E-state index contributed by atoms with van der Waals surface area (Å²) in [5.41, 5.74) is 5.26. The number of aromatic hydroxyl groups is 1. The van der Waals surface area contributed by atoms with Gasteiger partial charge < -0.3 is 15.3 Å². The summed E-state index contributed by atoms with van der Waals surface area (Å²) in [5.74, 6) is 0.340. The Morgan fingerprint density at radius 1 is 1.53 bits per heavy atom. The van der Waals surface area contributed by atoms with Gasteiger partial charge in [0.05, 0.1) is 0 Å². The molecule has 0 spiro atoms. The van der Waals surface area contributed by atoms with E-state index < -0.39 is 12.1 Å². The lowest BCUT2D eigenvalue weighted by Gasteiger charge is -2.17. The Kier molecular flexibility index (Phi) is 2.64. The van der Waals surface area contributed by atoms with Crippen molar-refractivity contribution in [3.63, 3.8) is 0 Å². The fraction of sp³-hybridized carbons (Fsp3) is 0.182. The maximum Gasteiger partial charge on any atom is 0.339 e. The number of carbonyl (C=O) groups excluding carboxylic acids is 1. The summed E-state index contributed by atoms with van der Waals surface area (Å²) < 4.78 is 5.37. The molecule has 2 rings (SSSR count). The highest BCUT2D eigenvalue weighted by Crippen LogP contribution is 2.31. The molecule has 17 heavy (non-hydrogen) atoms. The summed E-state index contributed by atoms with van der Waals surface area (Å²) in [6, 6.07) is 4.85. The van der Waals surface area contributed by atoms with Crippen LogP contribution in [0.5, 0.6) is 5.75 Å². The smallest absolute Gasteiger partial charge is 0.339 e. The van der Waals surface area contributed by atoms with Gasteiger partial charge in [-0.2, -0.15) is 5.06 Å². The van der Waals surface area contributed by atoms with Gasteiger partial charge in [0.2, 0.25) is 0 Å². The van der Waals surface area contributed by atoms with E-state index in [4.69, 9.17) is 10.2 Å². The van der Waals surface area contributed by atoms with Crippen LogP contribution >= 0.6 is 0 Å². The van der Waals surface area contributed by atoms with Crippen molar-refractivity contribution in [2.24, 2.45) is 5.73 Å². The van der Waals surface area contributed by atoms with Gasteiger partial charge in [-0.05, 0) is 19.1 Å². The lowest BCUT2D eigenvalue weighted by Crippen LogP contribution is -2.34. The molecule has 6 nitrogen and oxygen atoms in total. The number of primary amides is 1. The van der Waals surface area contributed by atoms with Crippen LogP contribution in [0.1, 0.15) is 18.7 Å². The van der Waals surface area contributed by atoms with E-state index >= 15 is 0 Å². The van der Waals surface area contributed by atoms with E-state index in [-0.39, 0.29) is 5.75 Å². The van der Waals surface area contributed by atoms with E-state index in [2.05, 4.69) is 0 Å². The number of carbonyl (C=O) groups is 1. The number of fused-ring (bicyclic) bond motifs is 1. The van der Waals surface area contributed by atoms with Gasteiger partial charge in [0.1, 0.15) is 11.8 Å². The SMILES string of the molecule is CC(c1cc2cccc(O)c2o1)N(O)C(N)=O. The van der Waals surface area contributed by atoms with Crippen molar-refractivity contribution in [3.05, 3.63) is 30.0 Å². The quantitative estimate of drug-likeness (QED) is 0.548. The number of benzene rings is 1. The van der Waals surface area contributed by atoms with Gasteiger partial charge in [-0.3, -0.25) is 5.21 Å². The first kappa shape index (κ1) is 11.3. The van der Waals surface area contributed by atoms with Crippen molar-refractivity contribution in [2.45, 2.75) is 13.0 Å². The van der Waals surface area contributed by atoms with Crippen LogP contribution < -0.4 is 5.73 Å². The summed E-state index contributed by atoms with van der Waals surface area (Å²) in [6.45, 7) is 1.56. The molecule has 0 aliphatic rings. The Labute approximate surface area is 96.8 Å². The monoisotopic (exact) mass is 236 g/mol. The number of hydrogen-bond donors (Lipinski definition) is 3. The number of furan rings is 1. The number of phenols is 1. The van der Waals surface area contributed by atoms with E-state index in [1.165, 1.54) is 6.07 Å². The summed E-state index contributed by atoms with van der Waals surface area (Å²) in [7, 11) is 0. The first-order valence-electron chi connectivity index (χ1n) is 4.99. The van der Waals surface area contributed by atoms with Gasteiger partial charge in [0.15, 0.2) is 11.3 Å². The number of nitrogens with two attached hydrogens (primary N) is 1. The Balaban J connectivity index is 2.43. The Bertz CT molecular complexity index is 564. The molecule has 1 heterocycles. The van der Waals surface area contributed by atoms with Crippen LogP contribution in [0.3, 0.4) is 0 Å². The normalized spacial score (nSPS) is 12.6. The molecule has 0 bridgehead atoms. The Morgan fingerprint density at radius 2 is 2.24 bits per heavy atom. The van der Waals surface area contributed by atoms with E-state index in [1.807, 2.05) is 0 Å². The number of rotatable bonds is 2. The van der Waals surface area contributed by atoms with Crippen LogP contribution in [-0.2, 0) is 0 Å².